The van der Waals surface area contributed by atoms with Gasteiger partial charge in [-0.15, -0.1) is 0 Å². The molecule has 24 heavy (non-hydrogen) atoms. The number of esters is 2. The van der Waals surface area contributed by atoms with Gasteiger partial charge in [-0.2, -0.15) is 0 Å². The average molecular weight is 343 g/mol. The number of nitrogens with one attached hydrogen (secondary N) is 1. The van der Waals surface area contributed by atoms with E-state index in [-0.39, 0.29) is 19.6 Å². The molecule has 1 aliphatic rings. The van der Waals surface area contributed by atoms with Crippen molar-refractivity contribution in [2.45, 2.75) is 71.4 Å². The van der Waals surface area contributed by atoms with Gasteiger partial charge in [0.2, 0.25) is 5.54 Å². The van der Waals surface area contributed by atoms with Crippen LogP contribution in [0.3, 0.4) is 0 Å². The van der Waals surface area contributed by atoms with Crippen molar-refractivity contribution in [1.29, 1.82) is 0 Å². The molecule has 1 saturated carbocycles. The molecule has 0 aromatic rings. The lowest BCUT2D eigenvalue weighted by Gasteiger charge is -2.31. The third kappa shape index (κ3) is 6.02. The number of hydrogen-bond donors (Lipinski definition) is 1. The van der Waals surface area contributed by atoms with Gasteiger partial charge in [0.1, 0.15) is 5.60 Å². The fourth-order valence-corrected chi connectivity index (χ4v) is 2.27. The number of ether oxygens (including phenoxy) is 3. The molecule has 1 N–H and O–H groups in total. The Labute approximate surface area is 143 Å². The first-order chi connectivity index (χ1) is 11.1. The summed E-state index contributed by atoms with van der Waals surface area (Å²) in [5, 5.41) is 2.43. The Hall–Kier alpha value is -1.79. The van der Waals surface area contributed by atoms with Crippen LogP contribution < -0.4 is 5.32 Å². The van der Waals surface area contributed by atoms with Crippen LogP contribution in [0.4, 0.5) is 4.79 Å². The van der Waals surface area contributed by atoms with Crippen molar-refractivity contribution < 1.29 is 28.6 Å². The van der Waals surface area contributed by atoms with Gasteiger partial charge in [-0.25, -0.2) is 14.4 Å². The fraction of sp³-hybridized carbons (Fsp3) is 0.824. The predicted octanol–water partition coefficient (Wildman–Crippen LogP) is 2.57. The maximum atomic E-state index is 12.5. The SMILES string of the molecule is CCOC(=O)C(CCC1CC1)(NC(=O)OC(C)(C)C)C(=O)OCC. The van der Waals surface area contributed by atoms with Crippen molar-refractivity contribution in [2.75, 3.05) is 13.2 Å². The van der Waals surface area contributed by atoms with E-state index in [4.69, 9.17) is 14.2 Å². The molecule has 0 aromatic carbocycles. The molecule has 0 saturated heterocycles. The van der Waals surface area contributed by atoms with E-state index in [1.165, 1.54) is 0 Å². The Morgan fingerprint density at radius 1 is 1.00 bits per heavy atom. The summed E-state index contributed by atoms with van der Waals surface area (Å²) in [6, 6.07) is 0. The molecule has 0 unspecified atom stereocenters. The van der Waals surface area contributed by atoms with Crippen LogP contribution in [-0.2, 0) is 23.8 Å². The highest BCUT2D eigenvalue weighted by atomic mass is 16.6. The van der Waals surface area contributed by atoms with Crippen LogP contribution in [0.5, 0.6) is 0 Å². The number of hydrogen-bond acceptors (Lipinski definition) is 6. The monoisotopic (exact) mass is 343 g/mol. The Balaban J connectivity index is 3.03. The van der Waals surface area contributed by atoms with Gasteiger partial charge in [-0.3, -0.25) is 5.32 Å². The van der Waals surface area contributed by atoms with Crippen molar-refractivity contribution in [3.05, 3.63) is 0 Å². The van der Waals surface area contributed by atoms with Gasteiger partial charge in [-0.05, 0) is 53.4 Å². The van der Waals surface area contributed by atoms with Crippen LogP contribution in [0.1, 0.15) is 60.3 Å². The average Bonchev–Trinajstić information content (AvgIpc) is 3.26. The largest absolute Gasteiger partial charge is 0.464 e. The second-order valence-electron chi connectivity index (χ2n) is 6.96. The van der Waals surface area contributed by atoms with Crippen LogP contribution >= 0.6 is 0 Å². The lowest BCUT2D eigenvalue weighted by molar-refractivity contribution is -0.166. The van der Waals surface area contributed by atoms with Gasteiger partial charge in [0.15, 0.2) is 0 Å². The molecular weight excluding hydrogens is 314 g/mol. The summed E-state index contributed by atoms with van der Waals surface area (Å²) in [4.78, 5) is 37.2. The molecular formula is C17H29NO6. The topological polar surface area (TPSA) is 90.9 Å². The van der Waals surface area contributed by atoms with E-state index in [1.54, 1.807) is 34.6 Å². The first-order valence-electron chi connectivity index (χ1n) is 8.50. The Morgan fingerprint density at radius 2 is 1.50 bits per heavy atom. The van der Waals surface area contributed by atoms with Crippen LogP contribution in [0.25, 0.3) is 0 Å². The second kappa shape index (κ2) is 8.35. The van der Waals surface area contributed by atoms with Gasteiger partial charge in [-0.1, -0.05) is 12.8 Å². The highest BCUT2D eigenvalue weighted by molar-refractivity contribution is 6.07. The molecule has 0 heterocycles. The molecule has 7 heteroatoms. The molecule has 1 fully saturated rings. The summed E-state index contributed by atoms with van der Waals surface area (Å²) in [5.41, 5.74) is -2.62. The summed E-state index contributed by atoms with van der Waals surface area (Å²) < 4.78 is 15.3. The molecule has 1 amide bonds. The van der Waals surface area contributed by atoms with Crippen LogP contribution in [0.2, 0.25) is 0 Å². The van der Waals surface area contributed by atoms with Gasteiger partial charge >= 0.3 is 18.0 Å². The maximum absolute atomic E-state index is 12.5. The minimum absolute atomic E-state index is 0.0966. The van der Waals surface area contributed by atoms with Crippen molar-refractivity contribution in [1.82, 2.24) is 5.32 Å². The van der Waals surface area contributed by atoms with Crippen molar-refractivity contribution >= 4 is 18.0 Å². The maximum Gasteiger partial charge on any atom is 0.409 e. The van der Waals surface area contributed by atoms with Crippen LogP contribution in [0, 0.1) is 5.92 Å². The molecule has 0 aromatic heterocycles. The first kappa shape index (κ1) is 20.3. The fourth-order valence-electron chi connectivity index (χ4n) is 2.27. The summed E-state index contributed by atoms with van der Waals surface area (Å²) in [5.74, 6) is -1.15. The molecule has 7 nitrogen and oxygen atoms in total. The molecule has 0 aliphatic heterocycles. The van der Waals surface area contributed by atoms with E-state index >= 15 is 0 Å². The van der Waals surface area contributed by atoms with Crippen molar-refractivity contribution in [2.24, 2.45) is 5.92 Å². The number of rotatable bonds is 8. The smallest absolute Gasteiger partial charge is 0.409 e. The molecule has 1 rings (SSSR count). The van der Waals surface area contributed by atoms with Crippen LogP contribution in [0.15, 0.2) is 0 Å². The molecule has 0 spiro atoms. The van der Waals surface area contributed by atoms with E-state index in [2.05, 4.69) is 5.32 Å². The predicted molar refractivity (Wildman–Crippen MR) is 87.3 cm³/mol. The quantitative estimate of drug-likeness (QED) is 0.414. The van der Waals surface area contributed by atoms with E-state index in [1.807, 2.05) is 0 Å². The molecule has 1 aliphatic carbocycles. The Kier molecular flexibility index (Phi) is 7.05. The third-order valence-electron chi connectivity index (χ3n) is 3.59. The van der Waals surface area contributed by atoms with Gasteiger partial charge in [0, 0.05) is 0 Å². The van der Waals surface area contributed by atoms with Gasteiger partial charge in [0.25, 0.3) is 0 Å². The van der Waals surface area contributed by atoms with E-state index in [0.29, 0.717) is 12.3 Å². The minimum atomic E-state index is -1.86. The summed E-state index contributed by atoms with van der Waals surface area (Å²) in [7, 11) is 0. The van der Waals surface area contributed by atoms with Gasteiger partial charge < -0.3 is 14.2 Å². The molecule has 0 radical (unpaired) electrons. The van der Waals surface area contributed by atoms with Gasteiger partial charge in [0.05, 0.1) is 13.2 Å². The number of amides is 1. The highest BCUT2D eigenvalue weighted by Gasteiger charge is 2.51. The summed E-state index contributed by atoms with van der Waals surface area (Å²) >= 11 is 0. The van der Waals surface area contributed by atoms with Crippen molar-refractivity contribution in [3.8, 4) is 0 Å². The van der Waals surface area contributed by atoms with Crippen LogP contribution in [-0.4, -0.2) is 42.4 Å². The molecule has 0 atom stereocenters. The number of carbonyl (C=O) groups is 3. The van der Waals surface area contributed by atoms with E-state index in [9.17, 15) is 14.4 Å². The van der Waals surface area contributed by atoms with Crippen molar-refractivity contribution in [3.63, 3.8) is 0 Å². The molecule has 138 valence electrons. The number of alkyl carbamates (subject to hydrolysis) is 1. The third-order valence-corrected chi connectivity index (χ3v) is 3.59. The summed E-state index contributed by atoms with van der Waals surface area (Å²) in [6.45, 7) is 8.58. The summed E-state index contributed by atoms with van der Waals surface area (Å²) in [6.07, 6.45) is 2.05. The standard InChI is InChI=1S/C17H29NO6/c1-6-22-13(19)17(14(20)23-7-2,11-10-12-8-9-12)18-15(21)24-16(3,4)5/h12H,6-11H2,1-5H3,(H,18,21). The molecule has 0 bridgehead atoms. The minimum Gasteiger partial charge on any atom is -0.464 e. The Bertz CT molecular complexity index is 446. The lowest BCUT2D eigenvalue weighted by atomic mass is 9.92. The Morgan fingerprint density at radius 3 is 1.88 bits per heavy atom. The zero-order valence-corrected chi connectivity index (χ0v) is 15.3. The zero-order valence-electron chi connectivity index (χ0n) is 15.3. The lowest BCUT2D eigenvalue weighted by Crippen LogP contribution is -2.62. The zero-order chi connectivity index (χ0) is 18.4. The number of carbonyl (C=O) groups excluding carboxylic acids is 3. The van der Waals surface area contributed by atoms with E-state index < -0.39 is 29.2 Å². The first-order valence-corrected chi connectivity index (χ1v) is 8.50. The highest BCUT2D eigenvalue weighted by Crippen LogP contribution is 2.36. The van der Waals surface area contributed by atoms with E-state index in [0.717, 1.165) is 12.8 Å². The normalized spacial score (nSPS) is 14.7. The second-order valence-corrected chi connectivity index (χ2v) is 6.96.